The molecule has 28 heavy (non-hydrogen) atoms. The van der Waals surface area contributed by atoms with Gasteiger partial charge in [-0.2, -0.15) is 0 Å². The first kappa shape index (κ1) is 18.5. The van der Waals surface area contributed by atoms with E-state index < -0.39 is 0 Å². The maximum absolute atomic E-state index is 12.6. The number of rotatable bonds is 7. The largest absolute Gasteiger partial charge is 0.486 e. The van der Waals surface area contributed by atoms with Gasteiger partial charge in [-0.05, 0) is 30.2 Å². The monoisotopic (exact) mass is 379 g/mol. The van der Waals surface area contributed by atoms with E-state index in [0.717, 1.165) is 23.2 Å². The fourth-order valence-electron chi connectivity index (χ4n) is 3.67. The number of imidazole rings is 1. The number of benzene rings is 2. The summed E-state index contributed by atoms with van der Waals surface area (Å²) in [6.07, 6.45) is 1.36. The Morgan fingerprint density at radius 3 is 2.71 bits per heavy atom. The third kappa shape index (κ3) is 3.60. The number of aryl methyl sites for hydroxylation is 2. The number of para-hydroxylation sites is 3. The highest BCUT2D eigenvalue weighted by molar-refractivity contribution is 5.78. The molecule has 6 nitrogen and oxygen atoms in total. The number of hydrogen-bond acceptors (Lipinski definition) is 4. The first-order chi connectivity index (χ1) is 13.7. The summed E-state index contributed by atoms with van der Waals surface area (Å²) in [5.41, 5.74) is 2.97. The molecule has 1 aliphatic rings. The van der Waals surface area contributed by atoms with Crippen LogP contribution < -0.4 is 4.74 Å². The van der Waals surface area contributed by atoms with Crippen molar-refractivity contribution in [1.29, 1.82) is 0 Å². The van der Waals surface area contributed by atoms with E-state index in [0.29, 0.717) is 31.9 Å². The third-order valence-electron chi connectivity index (χ3n) is 5.27. The molecule has 0 aliphatic carbocycles. The van der Waals surface area contributed by atoms with Gasteiger partial charge in [0.15, 0.2) is 0 Å². The SMILES string of the molecule is CCc1ccccc1OC1CN(C(=O)CCn2c(CO)nc3ccccc32)C1. The van der Waals surface area contributed by atoms with Gasteiger partial charge >= 0.3 is 0 Å². The topological polar surface area (TPSA) is 67.6 Å². The maximum Gasteiger partial charge on any atom is 0.224 e. The number of hydrogen-bond donors (Lipinski definition) is 1. The Bertz CT molecular complexity index is 976. The number of ether oxygens (including phenoxy) is 1. The normalized spacial score (nSPS) is 14.3. The number of aromatic nitrogens is 2. The van der Waals surface area contributed by atoms with Crippen LogP contribution in [0.25, 0.3) is 11.0 Å². The van der Waals surface area contributed by atoms with Crippen molar-refractivity contribution in [3.05, 3.63) is 59.9 Å². The Labute approximate surface area is 164 Å². The molecule has 1 N–H and O–H groups in total. The lowest BCUT2D eigenvalue weighted by atomic mass is 10.1. The van der Waals surface area contributed by atoms with E-state index in [-0.39, 0.29) is 18.6 Å². The van der Waals surface area contributed by atoms with E-state index in [1.165, 1.54) is 5.56 Å². The van der Waals surface area contributed by atoms with E-state index in [2.05, 4.69) is 18.0 Å². The van der Waals surface area contributed by atoms with Crippen LogP contribution in [0.1, 0.15) is 24.7 Å². The molecule has 0 bridgehead atoms. The lowest BCUT2D eigenvalue weighted by Gasteiger charge is -2.39. The van der Waals surface area contributed by atoms with E-state index in [1.54, 1.807) is 0 Å². The van der Waals surface area contributed by atoms with Crippen molar-refractivity contribution in [2.75, 3.05) is 13.1 Å². The highest BCUT2D eigenvalue weighted by Crippen LogP contribution is 2.24. The minimum absolute atomic E-state index is 0.0544. The third-order valence-corrected chi connectivity index (χ3v) is 5.27. The van der Waals surface area contributed by atoms with Gasteiger partial charge in [0.2, 0.25) is 5.91 Å². The zero-order chi connectivity index (χ0) is 19.5. The molecule has 0 saturated carbocycles. The van der Waals surface area contributed by atoms with Crippen LogP contribution in [0.3, 0.4) is 0 Å². The number of carbonyl (C=O) groups is 1. The van der Waals surface area contributed by atoms with Gasteiger partial charge in [-0.15, -0.1) is 0 Å². The van der Waals surface area contributed by atoms with Crippen LogP contribution in [0.5, 0.6) is 5.75 Å². The number of likely N-dealkylation sites (tertiary alicyclic amines) is 1. The zero-order valence-corrected chi connectivity index (χ0v) is 16.0. The molecule has 2 heterocycles. The van der Waals surface area contributed by atoms with Crippen molar-refractivity contribution in [2.24, 2.45) is 0 Å². The number of carbonyl (C=O) groups excluding carboxylic acids is 1. The molecule has 146 valence electrons. The summed E-state index contributed by atoms with van der Waals surface area (Å²) in [6, 6.07) is 15.8. The minimum Gasteiger partial charge on any atom is -0.486 e. The maximum atomic E-state index is 12.6. The molecule has 6 heteroatoms. The molecule has 1 amide bonds. The molecule has 0 radical (unpaired) electrons. The lowest BCUT2D eigenvalue weighted by molar-refractivity contribution is -0.140. The van der Waals surface area contributed by atoms with Gasteiger partial charge in [0.25, 0.3) is 0 Å². The van der Waals surface area contributed by atoms with Crippen LogP contribution in [0.15, 0.2) is 48.5 Å². The predicted molar refractivity (Wildman–Crippen MR) is 107 cm³/mol. The van der Waals surface area contributed by atoms with Gasteiger partial charge in [0.05, 0.1) is 24.1 Å². The summed E-state index contributed by atoms with van der Waals surface area (Å²) < 4.78 is 7.98. The van der Waals surface area contributed by atoms with Gasteiger partial charge in [0, 0.05) is 13.0 Å². The quantitative estimate of drug-likeness (QED) is 0.685. The second-order valence-corrected chi connectivity index (χ2v) is 7.08. The lowest BCUT2D eigenvalue weighted by Crippen LogP contribution is -2.56. The zero-order valence-electron chi connectivity index (χ0n) is 16.0. The van der Waals surface area contributed by atoms with Crippen molar-refractivity contribution in [2.45, 2.75) is 39.0 Å². The van der Waals surface area contributed by atoms with Crippen molar-refractivity contribution < 1.29 is 14.6 Å². The van der Waals surface area contributed by atoms with Crippen LogP contribution in [-0.4, -0.2) is 44.7 Å². The van der Waals surface area contributed by atoms with Crippen molar-refractivity contribution in [1.82, 2.24) is 14.5 Å². The highest BCUT2D eigenvalue weighted by Gasteiger charge is 2.32. The fourth-order valence-corrected chi connectivity index (χ4v) is 3.67. The summed E-state index contributed by atoms with van der Waals surface area (Å²) in [7, 11) is 0. The number of amides is 1. The standard InChI is InChI=1S/C22H25N3O3/c1-2-16-7-3-6-10-20(16)28-17-13-24(14-17)22(27)11-12-25-19-9-5-4-8-18(19)23-21(25)15-26/h3-10,17,26H,2,11-15H2,1H3. The average Bonchev–Trinajstić information content (AvgIpc) is 3.06. The first-order valence-electron chi connectivity index (χ1n) is 9.77. The predicted octanol–water partition coefficient (Wildman–Crippen LogP) is 2.77. The van der Waals surface area contributed by atoms with Gasteiger partial charge in [0.1, 0.15) is 24.3 Å². The molecule has 0 unspecified atom stereocenters. The van der Waals surface area contributed by atoms with Crippen molar-refractivity contribution in [3.63, 3.8) is 0 Å². The van der Waals surface area contributed by atoms with E-state index in [1.807, 2.05) is 51.9 Å². The fraction of sp³-hybridized carbons (Fsp3) is 0.364. The summed E-state index contributed by atoms with van der Waals surface area (Å²) >= 11 is 0. The smallest absolute Gasteiger partial charge is 0.224 e. The number of aliphatic hydroxyl groups is 1. The molecular formula is C22H25N3O3. The van der Waals surface area contributed by atoms with Crippen LogP contribution >= 0.6 is 0 Å². The van der Waals surface area contributed by atoms with Crippen LogP contribution in [0.4, 0.5) is 0 Å². The molecule has 1 aliphatic heterocycles. The summed E-state index contributed by atoms with van der Waals surface area (Å²) in [4.78, 5) is 18.8. The molecule has 1 fully saturated rings. The molecule has 1 aromatic heterocycles. The van der Waals surface area contributed by atoms with Crippen LogP contribution in [-0.2, 0) is 24.4 Å². The van der Waals surface area contributed by atoms with Gasteiger partial charge in [-0.25, -0.2) is 4.98 Å². The summed E-state index contributed by atoms with van der Waals surface area (Å²) in [5.74, 6) is 1.61. The average molecular weight is 379 g/mol. The summed E-state index contributed by atoms with van der Waals surface area (Å²) in [5, 5.41) is 9.57. The van der Waals surface area contributed by atoms with Gasteiger partial charge < -0.3 is 19.3 Å². The molecular weight excluding hydrogens is 354 g/mol. The Morgan fingerprint density at radius 2 is 1.93 bits per heavy atom. The summed E-state index contributed by atoms with van der Waals surface area (Å²) in [6.45, 7) is 3.72. The molecule has 3 aromatic rings. The Hall–Kier alpha value is -2.86. The van der Waals surface area contributed by atoms with Crippen molar-refractivity contribution in [3.8, 4) is 5.75 Å². The highest BCUT2D eigenvalue weighted by atomic mass is 16.5. The van der Waals surface area contributed by atoms with E-state index >= 15 is 0 Å². The molecule has 4 rings (SSSR count). The molecule has 0 spiro atoms. The molecule has 0 atom stereocenters. The first-order valence-corrected chi connectivity index (χ1v) is 9.77. The second kappa shape index (κ2) is 8.02. The number of nitrogens with zero attached hydrogens (tertiary/aromatic N) is 3. The van der Waals surface area contributed by atoms with Crippen LogP contribution in [0.2, 0.25) is 0 Å². The van der Waals surface area contributed by atoms with E-state index in [4.69, 9.17) is 4.74 Å². The number of aliphatic hydroxyl groups excluding tert-OH is 1. The van der Waals surface area contributed by atoms with E-state index in [9.17, 15) is 9.90 Å². The molecule has 1 saturated heterocycles. The van der Waals surface area contributed by atoms with Gasteiger partial charge in [-0.1, -0.05) is 37.3 Å². The Morgan fingerprint density at radius 1 is 1.18 bits per heavy atom. The van der Waals surface area contributed by atoms with Crippen molar-refractivity contribution >= 4 is 16.9 Å². The minimum atomic E-state index is -0.140. The Balaban J connectivity index is 1.33. The second-order valence-electron chi connectivity index (χ2n) is 7.08. The van der Waals surface area contributed by atoms with Gasteiger partial charge in [-0.3, -0.25) is 4.79 Å². The number of fused-ring (bicyclic) bond motifs is 1. The molecule has 2 aromatic carbocycles. The van der Waals surface area contributed by atoms with Crippen LogP contribution in [0, 0.1) is 0 Å². The Kier molecular flexibility index (Phi) is 5.30.